The Morgan fingerprint density at radius 1 is 1.28 bits per heavy atom. The molecule has 6 nitrogen and oxygen atoms in total. The van der Waals surface area contributed by atoms with Crippen LogP contribution in [0.15, 0.2) is 24.3 Å². The first-order valence-electron chi connectivity index (χ1n) is 10.1. The molecule has 3 rings (SSSR count). The Kier molecular flexibility index (Phi) is 6.58. The van der Waals surface area contributed by atoms with Crippen LogP contribution < -0.4 is 0 Å². The lowest BCUT2D eigenvalue weighted by atomic mass is 9.64. The molecule has 1 aliphatic heterocycles. The normalized spacial score (nSPS) is 23.1. The summed E-state index contributed by atoms with van der Waals surface area (Å²) in [6.45, 7) is 3.48. The van der Waals surface area contributed by atoms with Gasteiger partial charge in [-0.2, -0.15) is 0 Å². The van der Waals surface area contributed by atoms with Gasteiger partial charge < -0.3 is 9.64 Å². The Labute approximate surface area is 177 Å². The first-order valence-corrected chi connectivity index (χ1v) is 12.3. The SMILES string of the molecule is CCC(C)N(C(=O)COC(=O)C1(c2ccc(Cl)cc2)CCC1)C1CCS(=O)(=O)C1. The Morgan fingerprint density at radius 3 is 2.41 bits per heavy atom. The number of benzene rings is 1. The van der Waals surface area contributed by atoms with Crippen LogP contribution in [0.25, 0.3) is 0 Å². The zero-order valence-corrected chi connectivity index (χ0v) is 18.5. The van der Waals surface area contributed by atoms with Gasteiger partial charge in [0.15, 0.2) is 16.4 Å². The van der Waals surface area contributed by atoms with Crippen LogP contribution in [0.4, 0.5) is 0 Å². The fraction of sp³-hybridized carbons (Fsp3) is 0.619. The number of halogens is 1. The zero-order valence-electron chi connectivity index (χ0n) is 16.9. The highest BCUT2D eigenvalue weighted by molar-refractivity contribution is 7.91. The third-order valence-electron chi connectivity index (χ3n) is 6.28. The Hall–Kier alpha value is -1.60. The number of rotatable bonds is 7. The van der Waals surface area contributed by atoms with Crippen LogP contribution in [0, 0.1) is 0 Å². The summed E-state index contributed by atoms with van der Waals surface area (Å²) in [6, 6.07) is 6.70. The van der Waals surface area contributed by atoms with E-state index in [4.69, 9.17) is 16.3 Å². The molecule has 29 heavy (non-hydrogen) atoms. The van der Waals surface area contributed by atoms with Crippen molar-refractivity contribution in [2.24, 2.45) is 0 Å². The van der Waals surface area contributed by atoms with Crippen molar-refractivity contribution in [3.8, 4) is 0 Å². The van der Waals surface area contributed by atoms with Gasteiger partial charge in [-0.25, -0.2) is 8.42 Å². The third-order valence-corrected chi connectivity index (χ3v) is 8.28. The molecule has 2 atom stereocenters. The van der Waals surface area contributed by atoms with Gasteiger partial charge in [0.25, 0.3) is 5.91 Å². The predicted molar refractivity (Wildman–Crippen MR) is 112 cm³/mol. The number of amides is 1. The van der Waals surface area contributed by atoms with Crippen LogP contribution in [0.3, 0.4) is 0 Å². The lowest BCUT2D eigenvalue weighted by Gasteiger charge is -2.40. The summed E-state index contributed by atoms with van der Waals surface area (Å²) in [5.74, 6) is -0.661. The highest BCUT2D eigenvalue weighted by Crippen LogP contribution is 2.45. The molecule has 1 aromatic rings. The van der Waals surface area contributed by atoms with Gasteiger partial charge in [-0.15, -0.1) is 0 Å². The molecule has 0 aromatic heterocycles. The van der Waals surface area contributed by atoms with Crippen molar-refractivity contribution in [2.45, 2.75) is 63.5 Å². The van der Waals surface area contributed by atoms with Gasteiger partial charge in [-0.1, -0.05) is 37.1 Å². The number of carbonyl (C=O) groups is 2. The molecule has 1 saturated heterocycles. The van der Waals surface area contributed by atoms with Gasteiger partial charge in [0, 0.05) is 17.1 Å². The van der Waals surface area contributed by atoms with E-state index >= 15 is 0 Å². The fourth-order valence-electron chi connectivity index (χ4n) is 4.25. The molecule has 0 spiro atoms. The van der Waals surface area contributed by atoms with Crippen molar-refractivity contribution in [1.82, 2.24) is 4.90 Å². The van der Waals surface area contributed by atoms with Crippen LogP contribution in [-0.4, -0.2) is 55.4 Å². The monoisotopic (exact) mass is 441 g/mol. The Balaban J connectivity index is 1.69. The van der Waals surface area contributed by atoms with E-state index in [2.05, 4.69) is 0 Å². The number of carbonyl (C=O) groups excluding carboxylic acids is 2. The number of hydrogen-bond donors (Lipinski definition) is 0. The first-order chi connectivity index (χ1) is 13.7. The molecule has 2 fully saturated rings. The molecule has 1 aliphatic carbocycles. The molecule has 8 heteroatoms. The molecule has 0 radical (unpaired) electrons. The van der Waals surface area contributed by atoms with Crippen molar-refractivity contribution in [2.75, 3.05) is 18.1 Å². The van der Waals surface area contributed by atoms with Gasteiger partial charge >= 0.3 is 5.97 Å². The minimum absolute atomic E-state index is 0.0221. The second-order valence-corrected chi connectivity index (χ2v) is 10.8. The molecule has 1 amide bonds. The van der Waals surface area contributed by atoms with E-state index in [1.54, 1.807) is 17.0 Å². The second-order valence-electron chi connectivity index (χ2n) is 8.13. The van der Waals surface area contributed by atoms with Crippen molar-refractivity contribution in [3.05, 3.63) is 34.9 Å². The smallest absolute Gasteiger partial charge is 0.317 e. The lowest BCUT2D eigenvalue weighted by molar-refractivity contribution is -0.161. The Morgan fingerprint density at radius 2 is 1.93 bits per heavy atom. The summed E-state index contributed by atoms with van der Waals surface area (Å²) in [5, 5.41) is 0.600. The van der Waals surface area contributed by atoms with Crippen LogP contribution in [0.1, 0.15) is 51.5 Å². The van der Waals surface area contributed by atoms with Gasteiger partial charge in [0.1, 0.15) is 0 Å². The van der Waals surface area contributed by atoms with Crippen molar-refractivity contribution >= 4 is 33.3 Å². The molecule has 1 aromatic carbocycles. The average Bonchev–Trinajstić information content (AvgIpc) is 3.00. The first kappa shape index (κ1) is 22.1. The maximum atomic E-state index is 12.9. The van der Waals surface area contributed by atoms with E-state index in [0.717, 1.165) is 12.0 Å². The van der Waals surface area contributed by atoms with E-state index in [1.165, 1.54) is 0 Å². The van der Waals surface area contributed by atoms with Crippen molar-refractivity contribution < 1.29 is 22.7 Å². The van der Waals surface area contributed by atoms with Gasteiger partial charge in [0.05, 0.1) is 16.9 Å². The summed E-state index contributed by atoms with van der Waals surface area (Å²) in [7, 11) is -3.12. The summed E-state index contributed by atoms with van der Waals surface area (Å²) in [6.07, 6.45) is 3.41. The minimum atomic E-state index is -3.12. The number of hydrogen-bond acceptors (Lipinski definition) is 5. The molecule has 2 unspecified atom stereocenters. The van der Waals surface area contributed by atoms with Crippen LogP contribution in [-0.2, 0) is 29.6 Å². The molecule has 1 heterocycles. The minimum Gasteiger partial charge on any atom is -0.455 e. The third kappa shape index (κ3) is 4.61. The highest BCUT2D eigenvalue weighted by Gasteiger charge is 2.47. The predicted octanol–water partition coefficient (Wildman–Crippen LogP) is 3.12. The topological polar surface area (TPSA) is 80.8 Å². The van der Waals surface area contributed by atoms with Crippen molar-refractivity contribution in [3.63, 3.8) is 0 Å². The molecular formula is C21H28ClNO5S. The average molecular weight is 442 g/mol. The van der Waals surface area contributed by atoms with E-state index in [1.807, 2.05) is 26.0 Å². The summed E-state index contributed by atoms with van der Waals surface area (Å²) < 4.78 is 29.2. The maximum Gasteiger partial charge on any atom is 0.317 e. The molecule has 160 valence electrons. The molecule has 1 saturated carbocycles. The summed E-state index contributed by atoms with van der Waals surface area (Å²) >= 11 is 5.96. The number of ether oxygens (including phenoxy) is 1. The standard InChI is InChI=1S/C21H28ClNO5S/c1-3-15(2)23(18-9-12-29(26,27)14-18)19(24)13-28-20(25)21(10-4-11-21)16-5-7-17(22)8-6-16/h5-8,15,18H,3-4,9-14H2,1-2H3. The van der Waals surface area contributed by atoms with Gasteiger partial charge in [-0.3, -0.25) is 9.59 Å². The largest absolute Gasteiger partial charge is 0.455 e. The Bertz CT molecular complexity index is 864. The quantitative estimate of drug-likeness (QED) is 0.607. The summed E-state index contributed by atoms with van der Waals surface area (Å²) in [5.41, 5.74) is 0.134. The zero-order chi connectivity index (χ0) is 21.2. The number of esters is 1. The van der Waals surface area contributed by atoms with Crippen LogP contribution in [0.2, 0.25) is 5.02 Å². The van der Waals surface area contributed by atoms with E-state index < -0.39 is 21.2 Å². The van der Waals surface area contributed by atoms with Gasteiger partial charge in [0.2, 0.25) is 0 Å². The number of nitrogens with zero attached hydrogens (tertiary/aromatic N) is 1. The van der Waals surface area contributed by atoms with E-state index in [0.29, 0.717) is 30.7 Å². The highest BCUT2D eigenvalue weighted by atomic mass is 35.5. The molecule has 0 N–H and O–H groups in total. The number of sulfone groups is 1. The molecule has 0 bridgehead atoms. The van der Waals surface area contributed by atoms with E-state index in [-0.39, 0.29) is 36.1 Å². The van der Waals surface area contributed by atoms with Crippen molar-refractivity contribution in [1.29, 1.82) is 0 Å². The maximum absolute atomic E-state index is 12.9. The van der Waals surface area contributed by atoms with Gasteiger partial charge in [-0.05, 0) is 50.3 Å². The van der Waals surface area contributed by atoms with Crippen LogP contribution in [0.5, 0.6) is 0 Å². The second kappa shape index (κ2) is 8.64. The van der Waals surface area contributed by atoms with Crippen LogP contribution >= 0.6 is 11.6 Å². The van der Waals surface area contributed by atoms with E-state index in [9.17, 15) is 18.0 Å². The molecular weight excluding hydrogens is 414 g/mol. The summed E-state index contributed by atoms with van der Waals surface area (Å²) in [4.78, 5) is 27.4. The fourth-order valence-corrected chi connectivity index (χ4v) is 6.09. The lowest BCUT2D eigenvalue weighted by Crippen LogP contribution is -2.49. The molecule has 2 aliphatic rings.